The number of para-hydroxylation sites is 1. The van der Waals surface area contributed by atoms with E-state index in [4.69, 9.17) is 9.47 Å². The van der Waals surface area contributed by atoms with Crippen molar-refractivity contribution in [3.63, 3.8) is 0 Å². The van der Waals surface area contributed by atoms with E-state index in [-0.39, 0.29) is 17.3 Å². The van der Waals surface area contributed by atoms with Gasteiger partial charge in [0.1, 0.15) is 5.41 Å². The quantitative estimate of drug-likeness (QED) is 0.564. The van der Waals surface area contributed by atoms with Gasteiger partial charge in [-0.3, -0.25) is 9.69 Å². The smallest absolute Gasteiger partial charge is 0.315 e. The van der Waals surface area contributed by atoms with Crippen LogP contribution in [0.4, 0.5) is 5.69 Å². The second kappa shape index (κ2) is 4.76. The summed E-state index contributed by atoms with van der Waals surface area (Å²) in [6.45, 7) is 4.50. The molecule has 5 heteroatoms. The zero-order valence-corrected chi connectivity index (χ0v) is 16.2. The molecule has 1 aromatic rings. The van der Waals surface area contributed by atoms with Gasteiger partial charge in [-0.2, -0.15) is 0 Å². The van der Waals surface area contributed by atoms with Gasteiger partial charge < -0.3 is 14.4 Å². The van der Waals surface area contributed by atoms with Crippen LogP contribution in [0.2, 0.25) is 0 Å². The minimum absolute atomic E-state index is 0.0902. The van der Waals surface area contributed by atoms with E-state index < -0.39 is 11.1 Å². The predicted molar refractivity (Wildman–Crippen MR) is 101 cm³/mol. The SMILES string of the molecule is CC=C1CN2CC[C@@]34c5ccccc5N(C)[C@]35OC[C@]4(C(=O)OC)[C@H]1C[C@H]25. The molecular formula is C22H26N2O3. The highest BCUT2D eigenvalue weighted by molar-refractivity contribution is 5.86. The van der Waals surface area contributed by atoms with Crippen molar-refractivity contribution in [2.24, 2.45) is 11.3 Å². The summed E-state index contributed by atoms with van der Waals surface area (Å²) in [6, 6.07) is 8.92. The molecule has 1 saturated carbocycles. The first kappa shape index (κ1) is 16.1. The molecule has 1 aromatic carbocycles. The predicted octanol–water partition coefficient (Wildman–Crippen LogP) is 2.31. The van der Waals surface area contributed by atoms with Crippen LogP contribution in [0.1, 0.15) is 25.3 Å². The number of fused-ring (bicyclic) bond motifs is 3. The maximum absolute atomic E-state index is 13.6. The Morgan fingerprint density at radius 1 is 1.37 bits per heavy atom. The molecule has 3 saturated heterocycles. The highest BCUT2D eigenvalue weighted by Crippen LogP contribution is 2.76. The number of benzene rings is 1. The molecule has 6 rings (SSSR count). The van der Waals surface area contributed by atoms with E-state index in [1.165, 1.54) is 23.9 Å². The first-order valence-corrected chi connectivity index (χ1v) is 10.0. The first-order chi connectivity index (χ1) is 13.1. The van der Waals surface area contributed by atoms with Crippen molar-refractivity contribution in [2.75, 3.05) is 38.8 Å². The summed E-state index contributed by atoms with van der Waals surface area (Å²) in [5, 5.41) is 0. The molecule has 5 nitrogen and oxygen atoms in total. The Hall–Kier alpha value is -1.85. The van der Waals surface area contributed by atoms with Gasteiger partial charge in [-0.1, -0.05) is 29.8 Å². The lowest BCUT2D eigenvalue weighted by Crippen LogP contribution is -2.80. The fourth-order valence-electron chi connectivity index (χ4n) is 7.75. The maximum Gasteiger partial charge on any atom is 0.315 e. The van der Waals surface area contributed by atoms with E-state index in [9.17, 15) is 4.79 Å². The Morgan fingerprint density at radius 3 is 2.96 bits per heavy atom. The number of nitrogens with zero attached hydrogens (tertiary/aromatic N) is 2. The van der Waals surface area contributed by atoms with Gasteiger partial charge in [-0.25, -0.2) is 0 Å². The van der Waals surface area contributed by atoms with Gasteiger partial charge in [0.25, 0.3) is 0 Å². The van der Waals surface area contributed by atoms with Crippen LogP contribution < -0.4 is 4.90 Å². The molecular weight excluding hydrogens is 340 g/mol. The van der Waals surface area contributed by atoms with Gasteiger partial charge in [-0.15, -0.1) is 0 Å². The monoisotopic (exact) mass is 366 g/mol. The van der Waals surface area contributed by atoms with Crippen molar-refractivity contribution < 1.29 is 14.3 Å². The molecule has 0 radical (unpaired) electrons. The second-order valence-corrected chi connectivity index (χ2v) is 8.82. The van der Waals surface area contributed by atoms with Gasteiger partial charge in [-0.05, 0) is 31.4 Å². The van der Waals surface area contributed by atoms with Crippen LogP contribution in [-0.4, -0.2) is 56.5 Å². The third kappa shape index (κ3) is 1.34. The number of likely N-dealkylation sites (N-methyl/N-ethyl adjacent to an activating group) is 1. The Labute approximate surface area is 159 Å². The number of methoxy groups -OCH3 is 1. The number of piperidine rings is 2. The first-order valence-electron chi connectivity index (χ1n) is 10.0. The summed E-state index contributed by atoms with van der Waals surface area (Å²) >= 11 is 0. The Bertz CT molecular complexity index is 897. The molecule has 4 aliphatic heterocycles. The lowest BCUT2D eigenvalue weighted by atomic mass is 9.43. The van der Waals surface area contributed by atoms with Gasteiger partial charge in [0.15, 0.2) is 5.72 Å². The van der Waals surface area contributed by atoms with Crippen LogP contribution in [0.5, 0.6) is 0 Å². The molecule has 0 spiro atoms. The number of hydrogen-bond donors (Lipinski definition) is 0. The van der Waals surface area contributed by atoms with Gasteiger partial charge >= 0.3 is 5.97 Å². The summed E-state index contributed by atoms with van der Waals surface area (Å²) in [5.41, 5.74) is 2.40. The van der Waals surface area contributed by atoms with Gasteiger partial charge in [0.05, 0.1) is 25.2 Å². The molecule has 5 atom stereocenters. The van der Waals surface area contributed by atoms with E-state index in [1.54, 1.807) is 0 Å². The lowest BCUT2D eigenvalue weighted by molar-refractivity contribution is -0.183. The minimum atomic E-state index is -0.645. The number of carbonyl (C=O) groups excluding carboxylic acids is 1. The molecule has 4 fully saturated rings. The van der Waals surface area contributed by atoms with Gasteiger partial charge in [0.2, 0.25) is 0 Å². The van der Waals surface area contributed by atoms with Crippen molar-refractivity contribution in [2.45, 2.75) is 36.9 Å². The average molecular weight is 366 g/mol. The molecule has 0 N–H and O–H groups in total. The highest BCUT2D eigenvalue weighted by Gasteiger charge is 2.86. The van der Waals surface area contributed by atoms with Crippen molar-refractivity contribution in [3.05, 3.63) is 41.5 Å². The zero-order chi connectivity index (χ0) is 18.6. The Morgan fingerprint density at radius 2 is 2.19 bits per heavy atom. The summed E-state index contributed by atoms with van der Waals surface area (Å²) in [4.78, 5) is 18.5. The molecule has 4 heterocycles. The average Bonchev–Trinajstić information content (AvgIpc) is 3.09. The summed E-state index contributed by atoms with van der Waals surface area (Å²) in [7, 11) is 3.70. The number of allylic oxidation sites excluding steroid dienone is 1. The third-order valence-electron chi connectivity index (χ3n) is 8.59. The molecule has 5 bridgehead atoms. The minimum Gasteiger partial charge on any atom is -0.468 e. The van der Waals surface area contributed by atoms with Gasteiger partial charge in [0, 0.05) is 31.7 Å². The maximum atomic E-state index is 13.6. The molecule has 5 aliphatic rings. The molecule has 0 unspecified atom stereocenters. The van der Waals surface area contributed by atoms with Crippen LogP contribution in [-0.2, 0) is 19.7 Å². The zero-order valence-electron chi connectivity index (χ0n) is 16.2. The number of hydrogen-bond acceptors (Lipinski definition) is 5. The van der Waals surface area contributed by atoms with Crippen molar-refractivity contribution in [1.29, 1.82) is 0 Å². The van der Waals surface area contributed by atoms with E-state index in [1.807, 2.05) is 0 Å². The van der Waals surface area contributed by atoms with E-state index in [0.29, 0.717) is 12.6 Å². The van der Waals surface area contributed by atoms with Crippen LogP contribution >= 0.6 is 0 Å². The summed E-state index contributed by atoms with van der Waals surface area (Å²) in [5.74, 6) is 0.0966. The molecule has 0 aromatic heterocycles. The third-order valence-corrected chi connectivity index (χ3v) is 8.59. The largest absolute Gasteiger partial charge is 0.468 e. The Balaban J connectivity index is 1.75. The topological polar surface area (TPSA) is 42.0 Å². The number of esters is 1. The van der Waals surface area contributed by atoms with Crippen molar-refractivity contribution in [3.8, 4) is 0 Å². The summed E-state index contributed by atoms with van der Waals surface area (Å²) < 4.78 is 12.3. The molecule has 0 amide bonds. The molecule has 1 aliphatic carbocycles. The fraction of sp³-hybridized carbons (Fsp3) is 0.591. The van der Waals surface area contributed by atoms with Crippen LogP contribution in [0.15, 0.2) is 35.9 Å². The molecule has 27 heavy (non-hydrogen) atoms. The van der Waals surface area contributed by atoms with Crippen LogP contribution in [0.3, 0.4) is 0 Å². The normalized spacial score (nSPS) is 45.1. The van der Waals surface area contributed by atoms with E-state index in [2.05, 4.69) is 54.1 Å². The number of rotatable bonds is 1. The van der Waals surface area contributed by atoms with Crippen LogP contribution in [0.25, 0.3) is 0 Å². The lowest BCUT2D eigenvalue weighted by Gasteiger charge is -2.66. The second-order valence-electron chi connectivity index (χ2n) is 8.82. The summed E-state index contributed by atoms with van der Waals surface area (Å²) in [6.07, 6.45) is 4.13. The fourth-order valence-corrected chi connectivity index (χ4v) is 7.75. The van der Waals surface area contributed by atoms with Crippen molar-refractivity contribution in [1.82, 2.24) is 4.90 Å². The number of ether oxygens (including phenoxy) is 2. The van der Waals surface area contributed by atoms with E-state index >= 15 is 0 Å². The standard InChI is InChI=1S/C22H26N2O3/c1-4-14-12-24-10-9-21-15-7-5-6-8-17(15)23(2)22(21)18(24)11-16(14)20(21,13-27-22)19(25)26-3/h4-8,16,18H,9-13H2,1-3H3/t16-,18-,20+,21-,22+/m0/s1. The number of carbonyl (C=O) groups is 1. The molecule has 142 valence electrons. The van der Waals surface area contributed by atoms with Crippen LogP contribution in [0, 0.1) is 11.3 Å². The van der Waals surface area contributed by atoms with Crippen molar-refractivity contribution >= 4 is 11.7 Å². The van der Waals surface area contributed by atoms with E-state index in [0.717, 1.165) is 25.9 Å². The number of anilines is 1. The highest BCUT2D eigenvalue weighted by atomic mass is 16.6. The Kier molecular flexibility index (Phi) is 2.84.